The second-order valence-corrected chi connectivity index (χ2v) is 2.46. The van der Waals surface area contributed by atoms with Crippen LogP contribution >= 0.6 is 0 Å². The van der Waals surface area contributed by atoms with E-state index in [1.165, 1.54) is 35.7 Å². The van der Waals surface area contributed by atoms with Crippen LogP contribution in [0.1, 0.15) is 24.2 Å². The normalized spacial score (nSPS) is 8.72. The van der Waals surface area contributed by atoms with Crippen LogP contribution in [0, 0.1) is 0 Å². The monoisotopic (exact) mass is 258 g/mol. The van der Waals surface area contributed by atoms with Crippen molar-refractivity contribution < 1.29 is 14.3 Å². The first kappa shape index (κ1) is 18.2. The van der Waals surface area contributed by atoms with Crippen LogP contribution in [0.25, 0.3) is 0 Å². The third kappa shape index (κ3) is 6.44. The van der Waals surface area contributed by atoms with E-state index in [1.54, 1.807) is 0 Å². The van der Waals surface area contributed by atoms with Gasteiger partial charge in [0.1, 0.15) is 5.82 Å². The number of pyridine rings is 1. The van der Waals surface area contributed by atoms with Crippen LogP contribution in [0.3, 0.4) is 0 Å². The minimum absolute atomic E-state index is 0.110. The predicted molar refractivity (Wildman–Crippen MR) is 69.6 cm³/mol. The van der Waals surface area contributed by atoms with E-state index in [0.29, 0.717) is 13.0 Å². The molecule has 0 aliphatic rings. The van der Waals surface area contributed by atoms with E-state index in [9.17, 15) is 9.18 Å². The Morgan fingerprint density at radius 2 is 2.00 bits per heavy atom. The average molecular weight is 258 g/mol. The van der Waals surface area contributed by atoms with E-state index in [4.69, 9.17) is 16.7 Å². The van der Waals surface area contributed by atoms with E-state index in [2.05, 4.69) is 4.98 Å². The Morgan fingerprint density at radius 3 is 2.33 bits per heavy atom. The number of aromatic carboxylic acids is 1. The summed E-state index contributed by atoms with van der Waals surface area (Å²) >= 11 is 0. The van der Waals surface area contributed by atoms with Crippen LogP contribution < -0.4 is 16.6 Å². The van der Waals surface area contributed by atoms with Crippen molar-refractivity contribution in [1.29, 1.82) is 0 Å². The zero-order valence-electron chi connectivity index (χ0n) is 10.7. The first-order chi connectivity index (χ1) is 8.65. The van der Waals surface area contributed by atoms with Gasteiger partial charge in [-0.05, 0) is 12.1 Å². The molecular formula is C11H19FN4O2. The molecule has 0 aromatic carbocycles. The number of hydrogen-bond acceptors (Lipinski definition) is 5. The molecule has 0 fully saturated rings. The fourth-order valence-corrected chi connectivity index (χ4v) is 0.834. The number of nitrogens with two attached hydrogens (primary N) is 2. The van der Waals surface area contributed by atoms with Gasteiger partial charge in [0.15, 0.2) is 0 Å². The van der Waals surface area contributed by atoms with Gasteiger partial charge in [0.25, 0.3) is 0 Å². The molecule has 0 atom stereocenters. The maximum atomic E-state index is 10.5. The summed E-state index contributed by atoms with van der Waals surface area (Å²) in [5, 5.41) is 9.78. The number of rotatable bonds is 3. The Labute approximate surface area is 106 Å². The van der Waals surface area contributed by atoms with Crippen LogP contribution in [-0.4, -0.2) is 23.2 Å². The molecule has 0 aliphatic carbocycles. The molecule has 1 rings (SSSR count). The number of anilines is 1. The molecule has 1 heterocycles. The molecule has 5 N–H and O–H groups in total. The smallest absolute Gasteiger partial charge is 0.337 e. The summed E-state index contributed by atoms with van der Waals surface area (Å²) in [5.41, 5.74) is 5.23. The minimum atomic E-state index is -1.03. The quantitative estimate of drug-likeness (QED) is 0.560. The van der Waals surface area contributed by atoms with E-state index in [0.717, 1.165) is 0 Å². The number of aromatic nitrogens is 1. The fraction of sp³-hybridized carbons (Fsp3) is 0.273. The molecule has 1 aromatic heterocycles. The molecule has 0 radical (unpaired) electrons. The number of carbonyl (C=O) groups is 1. The Hall–Kier alpha value is -2.15. The molecule has 7 heteroatoms. The standard InChI is InChI=1S/C8H10N4O2.C2H6.CH3F/c9-3-4-12(10)7-2-1-6(5-11-7)8(13)14;2*1-2/h1-5H,9-10H2,(H,13,14);1-2H3;1H3/b4-3-;;. The molecule has 0 spiro atoms. The van der Waals surface area contributed by atoms with Gasteiger partial charge in [-0.15, -0.1) is 0 Å². The van der Waals surface area contributed by atoms with Crippen LogP contribution in [0.15, 0.2) is 30.7 Å². The average Bonchev–Trinajstić information content (AvgIpc) is 2.43. The Bertz CT molecular complexity index is 355. The highest BCUT2D eigenvalue weighted by Crippen LogP contribution is 2.07. The highest BCUT2D eigenvalue weighted by atomic mass is 19.1. The Morgan fingerprint density at radius 1 is 1.44 bits per heavy atom. The molecule has 0 saturated carbocycles. The summed E-state index contributed by atoms with van der Waals surface area (Å²) in [7, 11) is 0.500. The van der Waals surface area contributed by atoms with E-state index in [1.807, 2.05) is 13.8 Å². The van der Waals surface area contributed by atoms with Crippen molar-refractivity contribution >= 4 is 11.8 Å². The zero-order valence-corrected chi connectivity index (χ0v) is 10.7. The largest absolute Gasteiger partial charge is 0.478 e. The number of hydrogen-bond donors (Lipinski definition) is 3. The van der Waals surface area contributed by atoms with Crippen molar-refractivity contribution in [3.05, 3.63) is 36.3 Å². The predicted octanol–water partition coefficient (Wildman–Crippen LogP) is 1.50. The fourth-order valence-electron chi connectivity index (χ4n) is 0.834. The SMILES string of the molecule is CC.CF.N/C=C\N(N)c1ccc(C(=O)O)cn1. The van der Waals surface area contributed by atoms with Gasteiger partial charge in [-0.3, -0.25) is 9.40 Å². The molecule has 0 aliphatic heterocycles. The van der Waals surface area contributed by atoms with Crippen molar-refractivity contribution in [3.8, 4) is 0 Å². The topological polar surface area (TPSA) is 105 Å². The number of hydrazine groups is 1. The van der Waals surface area contributed by atoms with E-state index >= 15 is 0 Å². The highest BCUT2D eigenvalue weighted by Gasteiger charge is 2.04. The van der Waals surface area contributed by atoms with Crippen LogP contribution in [0.4, 0.5) is 10.2 Å². The third-order valence-corrected chi connectivity index (χ3v) is 1.51. The van der Waals surface area contributed by atoms with Gasteiger partial charge in [0.2, 0.25) is 0 Å². The van der Waals surface area contributed by atoms with Crippen LogP contribution in [0.5, 0.6) is 0 Å². The number of carboxylic acid groups (broad SMARTS) is 1. The van der Waals surface area contributed by atoms with Gasteiger partial charge in [-0.2, -0.15) is 0 Å². The van der Waals surface area contributed by atoms with E-state index < -0.39 is 5.97 Å². The molecule has 0 saturated heterocycles. The number of carboxylic acids is 1. The molecule has 18 heavy (non-hydrogen) atoms. The van der Waals surface area contributed by atoms with Crippen molar-refractivity contribution in [3.63, 3.8) is 0 Å². The maximum absolute atomic E-state index is 10.5. The van der Waals surface area contributed by atoms with Gasteiger partial charge in [-0.1, -0.05) is 13.8 Å². The molecule has 0 unspecified atom stereocenters. The van der Waals surface area contributed by atoms with Crippen molar-refractivity contribution in [2.45, 2.75) is 13.8 Å². The van der Waals surface area contributed by atoms with Gasteiger partial charge in [0.05, 0.1) is 12.7 Å². The summed E-state index contributed by atoms with van der Waals surface area (Å²) in [5.74, 6) is 4.88. The highest BCUT2D eigenvalue weighted by molar-refractivity contribution is 5.87. The Balaban J connectivity index is 0. The molecule has 0 amide bonds. The van der Waals surface area contributed by atoms with E-state index in [-0.39, 0.29) is 5.56 Å². The molecule has 6 nitrogen and oxygen atoms in total. The summed E-state index contributed by atoms with van der Waals surface area (Å²) < 4.78 is 9.50. The summed E-state index contributed by atoms with van der Waals surface area (Å²) in [6.07, 6.45) is 3.89. The summed E-state index contributed by atoms with van der Waals surface area (Å²) in [6, 6.07) is 2.90. The lowest BCUT2D eigenvalue weighted by molar-refractivity contribution is 0.0696. The van der Waals surface area contributed by atoms with Gasteiger partial charge in [-0.25, -0.2) is 15.6 Å². The van der Waals surface area contributed by atoms with Crippen molar-refractivity contribution in [1.82, 2.24) is 4.98 Å². The van der Waals surface area contributed by atoms with Gasteiger partial charge >= 0.3 is 5.97 Å². The first-order valence-electron chi connectivity index (χ1n) is 5.14. The Kier molecular flexibility index (Phi) is 11.5. The second-order valence-electron chi connectivity index (χ2n) is 2.46. The minimum Gasteiger partial charge on any atom is -0.478 e. The van der Waals surface area contributed by atoms with Crippen LogP contribution in [0.2, 0.25) is 0 Å². The number of alkyl halides is 1. The van der Waals surface area contributed by atoms with Gasteiger partial charge in [0, 0.05) is 18.6 Å². The molecule has 102 valence electrons. The van der Waals surface area contributed by atoms with Crippen LogP contribution in [-0.2, 0) is 0 Å². The molecule has 1 aromatic rings. The third-order valence-electron chi connectivity index (χ3n) is 1.51. The number of nitrogens with zero attached hydrogens (tertiary/aromatic N) is 2. The maximum Gasteiger partial charge on any atom is 0.337 e. The summed E-state index contributed by atoms with van der Waals surface area (Å²) in [6.45, 7) is 4.00. The number of halogens is 1. The second kappa shape index (κ2) is 11.3. The first-order valence-corrected chi connectivity index (χ1v) is 5.14. The molecule has 0 bridgehead atoms. The van der Waals surface area contributed by atoms with Crippen molar-refractivity contribution in [2.75, 3.05) is 12.2 Å². The lowest BCUT2D eigenvalue weighted by Crippen LogP contribution is -2.25. The lowest BCUT2D eigenvalue weighted by atomic mass is 10.3. The van der Waals surface area contributed by atoms with Crippen molar-refractivity contribution in [2.24, 2.45) is 11.6 Å². The summed E-state index contributed by atoms with van der Waals surface area (Å²) in [4.78, 5) is 14.3. The zero-order chi connectivity index (χ0) is 14.6. The molecular weight excluding hydrogens is 239 g/mol. The lowest BCUT2D eigenvalue weighted by Gasteiger charge is -2.11. The van der Waals surface area contributed by atoms with Gasteiger partial charge < -0.3 is 10.8 Å².